The maximum absolute atomic E-state index is 13.8. The number of ether oxygens (including phenoxy) is 1. The van der Waals surface area contributed by atoms with Crippen molar-refractivity contribution in [3.63, 3.8) is 0 Å². The second-order valence-corrected chi connectivity index (χ2v) is 4.76. The van der Waals surface area contributed by atoms with Crippen LogP contribution in [0.2, 0.25) is 0 Å². The highest BCUT2D eigenvalue weighted by Gasteiger charge is 2.14. The first-order chi connectivity index (χ1) is 10.1. The Labute approximate surface area is 127 Å². The van der Waals surface area contributed by atoms with Crippen molar-refractivity contribution in [3.8, 4) is 11.8 Å². The Hall–Kier alpha value is -2.00. The van der Waals surface area contributed by atoms with Gasteiger partial charge in [-0.05, 0) is 23.8 Å². The molecule has 0 unspecified atom stereocenters. The third-order valence-corrected chi connectivity index (χ3v) is 3.43. The molecular weight excluding hydrogens is 347 g/mol. The highest BCUT2D eigenvalue weighted by atomic mass is 79.9. The molecule has 0 radical (unpaired) electrons. The van der Waals surface area contributed by atoms with Gasteiger partial charge in [0, 0.05) is 10.9 Å². The summed E-state index contributed by atoms with van der Waals surface area (Å²) in [6.45, 7) is -0.372. The van der Waals surface area contributed by atoms with Crippen LogP contribution in [0.5, 0.6) is 5.75 Å². The first kappa shape index (κ1) is 15.4. The van der Waals surface area contributed by atoms with Gasteiger partial charge in [0.2, 0.25) is 0 Å². The summed E-state index contributed by atoms with van der Waals surface area (Å²) in [4.78, 5) is 0. The molecule has 0 saturated carbocycles. The average Bonchev–Trinajstić information content (AvgIpc) is 2.47. The summed E-state index contributed by atoms with van der Waals surface area (Å²) >= 11 is 3.10. The lowest BCUT2D eigenvalue weighted by Crippen LogP contribution is -2.03. The van der Waals surface area contributed by atoms with E-state index in [2.05, 4.69) is 15.9 Å². The van der Waals surface area contributed by atoms with E-state index in [-0.39, 0.29) is 17.7 Å². The zero-order chi connectivity index (χ0) is 15.4. The number of nitriles is 1. The van der Waals surface area contributed by atoms with Crippen molar-refractivity contribution >= 4 is 15.9 Å². The minimum atomic E-state index is -0.860. The molecule has 0 aromatic heterocycles. The van der Waals surface area contributed by atoms with Crippen molar-refractivity contribution in [2.24, 2.45) is 0 Å². The van der Waals surface area contributed by atoms with Gasteiger partial charge in [-0.25, -0.2) is 13.2 Å². The number of alkyl halides is 1. The van der Waals surface area contributed by atoms with Crippen LogP contribution in [0, 0.1) is 28.8 Å². The number of halogens is 4. The molecule has 21 heavy (non-hydrogen) atoms. The first-order valence-electron chi connectivity index (χ1n) is 5.91. The van der Waals surface area contributed by atoms with Gasteiger partial charge in [-0.1, -0.05) is 28.1 Å². The molecular formula is C15H9BrF3NO. The van der Waals surface area contributed by atoms with Crippen molar-refractivity contribution in [2.75, 3.05) is 0 Å². The molecule has 0 fully saturated rings. The van der Waals surface area contributed by atoms with E-state index in [4.69, 9.17) is 10.00 Å². The highest BCUT2D eigenvalue weighted by Crippen LogP contribution is 2.25. The Bertz CT molecular complexity index is 690. The van der Waals surface area contributed by atoms with E-state index in [9.17, 15) is 13.2 Å². The molecule has 0 saturated heterocycles. The molecule has 6 heteroatoms. The van der Waals surface area contributed by atoms with Gasteiger partial charge in [0.15, 0.2) is 17.4 Å². The van der Waals surface area contributed by atoms with Crippen LogP contribution in [-0.4, -0.2) is 0 Å². The highest BCUT2D eigenvalue weighted by molar-refractivity contribution is 9.08. The summed E-state index contributed by atoms with van der Waals surface area (Å²) in [7, 11) is 0. The minimum Gasteiger partial charge on any atom is -0.483 e. The predicted octanol–water partition coefficient (Wildman–Crippen LogP) is 4.45. The monoisotopic (exact) mass is 355 g/mol. The minimum absolute atomic E-state index is 0.0532. The van der Waals surface area contributed by atoms with Crippen molar-refractivity contribution in [3.05, 3.63) is 64.5 Å². The van der Waals surface area contributed by atoms with Crippen LogP contribution in [-0.2, 0) is 11.9 Å². The molecule has 2 aromatic rings. The molecule has 0 bridgehead atoms. The number of hydrogen-bond acceptors (Lipinski definition) is 2. The standard InChI is InChI=1S/C15H9BrF3NO/c16-6-9-4-12(17)15(13(18)5-9)21-8-11-3-1-2-10(7-20)14(11)19/h1-5H,6,8H2. The molecule has 0 aliphatic rings. The van der Waals surface area contributed by atoms with E-state index in [1.807, 2.05) is 0 Å². The molecule has 2 aromatic carbocycles. The first-order valence-corrected chi connectivity index (χ1v) is 7.03. The molecule has 0 N–H and O–H groups in total. The van der Waals surface area contributed by atoms with Gasteiger partial charge in [0.25, 0.3) is 0 Å². The lowest BCUT2D eigenvalue weighted by molar-refractivity contribution is 0.269. The van der Waals surface area contributed by atoms with Crippen LogP contribution in [0.1, 0.15) is 16.7 Å². The molecule has 0 atom stereocenters. The summed E-state index contributed by atoms with van der Waals surface area (Å²) in [5.74, 6) is -3.04. The fourth-order valence-electron chi connectivity index (χ4n) is 1.75. The van der Waals surface area contributed by atoms with E-state index in [1.54, 1.807) is 6.07 Å². The van der Waals surface area contributed by atoms with Crippen LogP contribution in [0.4, 0.5) is 13.2 Å². The van der Waals surface area contributed by atoms with E-state index < -0.39 is 23.2 Å². The summed E-state index contributed by atoms with van der Waals surface area (Å²) in [6.07, 6.45) is 0. The quantitative estimate of drug-likeness (QED) is 0.759. The predicted molar refractivity (Wildman–Crippen MR) is 74.4 cm³/mol. The number of benzene rings is 2. The maximum atomic E-state index is 13.8. The van der Waals surface area contributed by atoms with Crippen LogP contribution < -0.4 is 4.74 Å². The third-order valence-electron chi connectivity index (χ3n) is 2.78. The third kappa shape index (κ3) is 3.37. The molecule has 2 nitrogen and oxygen atoms in total. The van der Waals surface area contributed by atoms with Gasteiger partial charge in [-0.15, -0.1) is 0 Å². The smallest absolute Gasteiger partial charge is 0.191 e. The van der Waals surface area contributed by atoms with Gasteiger partial charge in [0.1, 0.15) is 18.5 Å². The Morgan fingerprint density at radius 2 is 1.81 bits per heavy atom. The maximum Gasteiger partial charge on any atom is 0.191 e. The zero-order valence-corrected chi connectivity index (χ0v) is 12.3. The SMILES string of the molecule is N#Cc1cccc(COc2c(F)cc(CBr)cc2F)c1F. The van der Waals surface area contributed by atoms with Gasteiger partial charge in [-0.2, -0.15) is 5.26 Å². The fraction of sp³-hybridized carbons (Fsp3) is 0.133. The van der Waals surface area contributed by atoms with Crippen LogP contribution in [0.15, 0.2) is 30.3 Å². The van der Waals surface area contributed by atoms with E-state index in [0.29, 0.717) is 10.9 Å². The second kappa shape index (κ2) is 6.64. The molecule has 0 spiro atoms. The lowest BCUT2D eigenvalue weighted by atomic mass is 10.1. The largest absolute Gasteiger partial charge is 0.483 e. The van der Waals surface area contributed by atoms with E-state index in [1.165, 1.54) is 18.2 Å². The van der Waals surface area contributed by atoms with Gasteiger partial charge < -0.3 is 4.74 Å². The van der Waals surface area contributed by atoms with Crippen LogP contribution in [0.3, 0.4) is 0 Å². The Morgan fingerprint density at radius 3 is 2.38 bits per heavy atom. The topological polar surface area (TPSA) is 33.0 Å². The van der Waals surface area contributed by atoms with E-state index in [0.717, 1.165) is 12.1 Å². The number of nitrogens with zero attached hydrogens (tertiary/aromatic N) is 1. The summed E-state index contributed by atoms with van der Waals surface area (Å²) < 4.78 is 46.2. The Morgan fingerprint density at radius 1 is 1.14 bits per heavy atom. The fourth-order valence-corrected chi connectivity index (χ4v) is 2.08. The molecule has 0 aliphatic heterocycles. The average molecular weight is 356 g/mol. The van der Waals surface area contributed by atoms with Crippen molar-refractivity contribution in [1.82, 2.24) is 0 Å². The molecule has 0 aliphatic carbocycles. The number of rotatable bonds is 4. The van der Waals surface area contributed by atoms with Crippen molar-refractivity contribution < 1.29 is 17.9 Å². The Balaban J connectivity index is 2.23. The van der Waals surface area contributed by atoms with Gasteiger partial charge >= 0.3 is 0 Å². The zero-order valence-electron chi connectivity index (χ0n) is 10.7. The molecule has 108 valence electrons. The molecule has 0 amide bonds. The van der Waals surface area contributed by atoms with Crippen LogP contribution >= 0.6 is 15.9 Å². The molecule has 2 rings (SSSR count). The lowest BCUT2D eigenvalue weighted by Gasteiger charge is -2.10. The van der Waals surface area contributed by atoms with Gasteiger partial charge in [-0.3, -0.25) is 0 Å². The normalized spacial score (nSPS) is 10.2. The summed E-state index contributed by atoms with van der Waals surface area (Å²) in [5, 5.41) is 9.02. The summed E-state index contributed by atoms with van der Waals surface area (Å²) in [5.41, 5.74) is 0.333. The van der Waals surface area contributed by atoms with Gasteiger partial charge in [0.05, 0.1) is 5.56 Å². The Kier molecular flexibility index (Phi) is 4.86. The van der Waals surface area contributed by atoms with Crippen molar-refractivity contribution in [2.45, 2.75) is 11.9 Å². The second-order valence-electron chi connectivity index (χ2n) is 4.20. The van der Waals surface area contributed by atoms with E-state index >= 15 is 0 Å². The van der Waals surface area contributed by atoms with Crippen LogP contribution in [0.25, 0.3) is 0 Å². The molecule has 0 heterocycles. The summed E-state index contributed by atoms with van der Waals surface area (Å²) in [6, 6.07) is 8.13. The number of hydrogen-bond donors (Lipinski definition) is 0. The van der Waals surface area contributed by atoms with Crippen molar-refractivity contribution in [1.29, 1.82) is 5.26 Å².